The Labute approximate surface area is 100 Å². The lowest BCUT2D eigenvalue weighted by molar-refractivity contribution is 1.06. The summed E-state index contributed by atoms with van der Waals surface area (Å²) < 4.78 is 7.55. The summed E-state index contributed by atoms with van der Waals surface area (Å²) in [4.78, 5) is 8.31. The van der Waals surface area contributed by atoms with Crippen LogP contribution in [0.15, 0.2) is 27.2 Å². The third-order valence-electron chi connectivity index (χ3n) is 1.38. The summed E-state index contributed by atoms with van der Waals surface area (Å²) in [5, 5.41) is 0.975. The van der Waals surface area contributed by atoms with Gasteiger partial charge in [-0.05, 0) is 10.8 Å². The van der Waals surface area contributed by atoms with E-state index in [1.165, 1.54) is 0 Å². The third kappa shape index (κ3) is 2.26. The van der Waals surface area contributed by atoms with E-state index in [1.54, 1.807) is 27.9 Å². The van der Waals surface area contributed by atoms with Crippen LogP contribution >= 0.6 is 42.9 Å². The molecule has 1 aliphatic rings. The molecule has 0 aliphatic carbocycles. The first kappa shape index (κ1) is 10.4. The van der Waals surface area contributed by atoms with Crippen LogP contribution in [0, 0.1) is 0 Å². The van der Waals surface area contributed by atoms with Crippen LogP contribution < -0.4 is 3.53 Å². The summed E-state index contributed by atoms with van der Waals surface area (Å²) in [6.45, 7) is 3.67. The van der Waals surface area contributed by atoms with Crippen LogP contribution in [0.2, 0.25) is 0 Å². The van der Waals surface area contributed by atoms with E-state index >= 15 is 0 Å². The maximum absolute atomic E-state index is 4.29. The van der Waals surface area contributed by atoms with E-state index in [-0.39, 0.29) is 21.3 Å². The molecule has 0 fully saturated rings. The zero-order chi connectivity index (χ0) is 9.80. The summed E-state index contributed by atoms with van der Waals surface area (Å²) >= 11 is -0.294. The molecule has 0 aromatic carbocycles. The largest absolute Gasteiger partial charge is 0.314 e. The Morgan fingerprint density at radius 1 is 1.57 bits per heavy atom. The first-order valence-electron chi connectivity index (χ1n) is 3.77. The van der Waals surface area contributed by atoms with Gasteiger partial charge >= 0.3 is 0 Å². The lowest BCUT2D eigenvalue weighted by atomic mass is 10.5. The highest BCUT2D eigenvalue weighted by Crippen LogP contribution is 2.43. The molecule has 0 amide bonds. The number of fused-ring (bicyclic) bond motifs is 1. The Morgan fingerprint density at radius 2 is 2.50 bits per heavy atom. The molecule has 74 valence electrons. The molecule has 0 atom stereocenters. The molecule has 0 saturated carbocycles. The van der Waals surface area contributed by atoms with E-state index in [2.05, 4.69) is 23.2 Å². The highest BCUT2D eigenvalue weighted by atomic mass is 127. The smallest absolute Gasteiger partial charge is 0.187 e. The van der Waals surface area contributed by atoms with Crippen molar-refractivity contribution < 1.29 is 0 Å². The van der Waals surface area contributed by atoms with Gasteiger partial charge in [-0.15, -0.1) is 6.58 Å². The van der Waals surface area contributed by atoms with Crippen LogP contribution in [0.1, 0.15) is 0 Å². The maximum Gasteiger partial charge on any atom is 0.187 e. The highest BCUT2D eigenvalue weighted by Gasteiger charge is 2.14. The Balaban J connectivity index is 2.11. The van der Waals surface area contributed by atoms with Gasteiger partial charge in [0, 0.05) is 5.75 Å². The quantitative estimate of drug-likeness (QED) is 0.227. The molecule has 1 aromatic heterocycles. The number of nitrogens with one attached hydrogen (secondary N) is 1. The van der Waals surface area contributed by atoms with E-state index in [0.717, 1.165) is 22.3 Å². The van der Waals surface area contributed by atoms with Crippen molar-refractivity contribution in [3.8, 4) is 0 Å². The lowest BCUT2D eigenvalue weighted by Crippen LogP contribution is -1.87. The summed E-state index contributed by atoms with van der Waals surface area (Å²) in [5.41, 5.74) is 1.00. The van der Waals surface area contributed by atoms with Crippen molar-refractivity contribution in [3.63, 3.8) is 0 Å². The fraction of sp³-hybridized carbons (Fsp3) is 0.143. The molecule has 1 N–H and O–H groups in total. The van der Waals surface area contributed by atoms with E-state index in [0.29, 0.717) is 0 Å². The summed E-state index contributed by atoms with van der Waals surface area (Å²) in [5.74, 6) is 1.73. The number of hydrogen-bond acceptors (Lipinski definition) is 6. The molecule has 0 spiro atoms. The van der Waals surface area contributed by atoms with E-state index < -0.39 is 0 Å². The van der Waals surface area contributed by atoms with Crippen molar-refractivity contribution >= 4 is 54.4 Å². The van der Waals surface area contributed by atoms with Crippen molar-refractivity contribution in [2.75, 3.05) is 9.28 Å². The van der Waals surface area contributed by atoms with Crippen molar-refractivity contribution in [2.45, 2.75) is 5.03 Å². The van der Waals surface area contributed by atoms with Gasteiger partial charge in [-0.25, -0.2) is 9.97 Å². The number of nitrogens with zero attached hydrogens (tertiary/aromatic N) is 3. The number of halogens is 1. The minimum atomic E-state index is -0.294. The van der Waals surface area contributed by atoms with Crippen LogP contribution in [0.25, 0.3) is 0 Å². The first-order valence-corrected chi connectivity index (χ1v) is 8.13. The molecule has 4 nitrogen and oxygen atoms in total. The van der Waals surface area contributed by atoms with Crippen LogP contribution in [-0.2, 0) is 0 Å². The molecule has 2 heterocycles. The van der Waals surface area contributed by atoms with Gasteiger partial charge in [0.25, 0.3) is 0 Å². The average molecular weight is 338 g/mol. The number of rotatable bonds is 4. The highest BCUT2D eigenvalue weighted by molar-refractivity contribution is 14.2. The van der Waals surface area contributed by atoms with Crippen LogP contribution in [-0.4, -0.2) is 15.7 Å². The normalized spacial score (nSPS) is 12.9. The van der Waals surface area contributed by atoms with Gasteiger partial charge in [0.05, 0.1) is 0 Å². The van der Waals surface area contributed by atoms with E-state index in [1.807, 2.05) is 6.08 Å². The zero-order valence-corrected chi connectivity index (χ0v) is 10.9. The number of hydrogen-bond donors (Lipinski definition) is 1. The zero-order valence-electron chi connectivity index (χ0n) is 7.11. The summed E-state index contributed by atoms with van der Waals surface area (Å²) in [6.07, 6.45) is 3.44. The van der Waals surface area contributed by atoms with Gasteiger partial charge in [0.2, 0.25) is 0 Å². The molecule has 0 saturated heterocycles. The Bertz CT molecular complexity index is 382. The van der Waals surface area contributed by atoms with Gasteiger partial charge in [0.1, 0.15) is 38.3 Å². The predicted molar refractivity (Wildman–Crippen MR) is 70.3 cm³/mol. The monoisotopic (exact) mass is 338 g/mol. The maximum atomic E-state index is 4.29. The molecular formula is C7H7IN4S2. The Morgan fingerprint density at radius 3 is 3.36 bits per heavy atom. The minimum Gasteiger partial charge on any atom is -0.314 e. The van der Waals surface area contributed by atoms with Crippen molar-refractivity contribution in [1.82, 2.24) is 9.97 Å². The second kappa shape index (κ2) is 5.08. The molecule has 0 radical (unpaired) electrons. The van der Waals surface area contributed by atoms with E-state index in [4.69, 9.17) is 0 Å². The number of aromatic nitrogens is 2. The second-order valence-corrected chi connectivity index (χ2v) is 6.13. The lowest BCUT2D eigenvalue weighted by Gasteiger charge is -2.02. The van der Waals surface area contributed by atoms with Crippen LogP contribution in [0.3, 0.4) is 0 Å². The first-order chi connectivity index (χ1) is 6.92. The van der Waals surface area contributed by atoms with Crippen molar-refractivity contribution in [2.24, 2.45) is 3.15 Å². The van der Waals surface area contributed by atoms with Gasteiger partial charge in [0.15, 0.2) is 5.82 Å². The van der Waals surface area contributed by atoms with E-state index in [9.17, 15) is 0 Å². The van der Waals surface area contributed by atoms with Crippen molar-refractivity contribution in [3.05, 3.63) is 19.0 Å². The molecular weight excluding hydrogens is 331 g/mol. The number of anilines is 1. The summed E-state index contributed by atoms with van der Waals surface area (Å²) in [7, 11) is 3.35. The van der Waals surface area contributed by atoms with Gasteiger partial charge in [-0.3, -0.25) is 0 Å². The third-order valence-corrected chi connectivity index (χ3v) is 5.05. The molecule has 1 aliphatic heterocycles. The topological polar surface area (TPSA) is 50.2 Å². The Hall–Kier alpha value is -0.150. The molecule has 0 unspecified atom stereocenters. The second-order valence-electron chi connectivity index (χ2n) is 2.30. The van der Waals surface area contributed by atoms with Gasteiger partial charge < -0.3 is 3.53 Å². The predicted octanol–water partition coefficient (Wildman–Crippen LogP) is 3.53. The van der Waals surface area contributed by atoms with Crippen molar-refractivity contribution in [1.29, 1.82) is 0 Å². The molecule has 2 rings (SSSR count). The fourth-order valence-corrected chi connectivity index (χ4v) is 4.25. The standard InChI is InChI=1S/C7H7IN4S2/c1-2-3-13-14-7-5-6(9-4-10-7)12-8-11-5/h2,4H,1,3H2,(H,9,10,11,12). The van der Waals surface area contributed by atoms with Crippen LogP contribution in [0.4, 0.5) is 11.5 Å². The van der Waals surface area contributed by atoms with Gasteiger partial charge in [-0.2, -0.15) is 3.15 Å². The summed E-state index contributed by atoms with van der Waals surface area (Å²) in [6, 6.07) is 0. The van der Waals surface area contributed by atoms with Crippen LogP contribution in [0.5, 0.6) is 0 Å². The molecule has 7 heteroatoms. The Kier molecular flexibility index (Phi) is 3.76. The minimum absolute atomic E-state index is 0.294. The molecule has 1 aromatic rings. The average Bonchev–Trinajstić information content (AvgIpc) is 2.67. The molecule has 14 heavy (non-hydrogen) atoms. The molecule has 0 bridgehead atoms. The SMILES string of the molecule is C=CCSSc1ncnc2c1NI=N2. The van der Waals surface area contributed by atoms with Gasteiger partial charge in [-0.1, -0.05) is 16.9 Å². The fourth-order valence-electron chi connectivity index (χ4n) is 0.812.